The molecule has 3 rings (SSSR count). The maximum atomic E-state index is 12.4. The lowest BCUT2D eigenvalue weighted by molar-refractivity contribution is -0.148. The Balaban J connectivity index is 1.73. The monoisotopic (exact) mass is 291 g/mol. The number of fused-ring (bicyclic) bond motifs is 1. The minimum absolute atomic E-state index is 0.0859. The predicted molar refractivity (Wildman–Crippen MR) is 75.2 cm³/mol. The molecule has 1 saturated heterocycles. The number of carboxylic acid groups (broad SMARTS) is 1. The SMILES string of the molecule is O=C(O)C1CCCCC1CN1C(=O)C2CC=CCC2C1=O. The van der Waals surface area contributed by atoms with Crippen LogP contribution in [0.25, 0.3) is 0 Å². The second-order valence-electron chi connectivity index (χ2n) is 6.43. The fourth-order valence-electron chi connectivity index (χ4n) is 4.03. The van der Waals surface area contributed by atoms with Crippen molar-refractivity contribution in [2.45, 2.75) is 38.5 Å². The summed E-state index contributed by atoms with van der Waals surface area (Å²) in [6, 6.07) is 0. The zero-order valence-electron chi connectivity index (χ0n) is 12.0. The third-order valence-electron chi connectivity index (χ3n) is 5.24. The second kappa shape index (κ2) is 5.62. The second-order valence-corrected chi connectivity index (χ2v) is 6.43. The van der Waals surface area contributed by atoms with Crippen LogP contribution < -0.4 is 0 Å². The summed E-state index contributed by atoms with van der Waals surface area (Å²) in [6.45, 7) is 0.293. The largest absolute Gasteiger partial charge is 0.481 e. The standard InChI is InChI=1S/C16H21NO4/c18-14-12-7-3-4-8-13(12)15(19)17(14)9-10-5-1-2-6-11(10)16(20)21/h3-4,10-13H,1-2,5-9H2,(H,20,21). The molecule has 0 aromatic rings. The van der Waals surface area contributed by atoms with Gasteiger partial charge in [-0.2, -0.15) is 0 Å². The summed E-state index contributed by atoms with van der Waals surface area (Å²) in [4.78, 5) is 37.6. The highest BCUT2D eigenvalue weighted by Gasteiger charge is 2.48. The van der Waals surface area contributed by atoms with Crippen LogP contribution in [-0.4, -0.2) is 34.3 Å². The third-order valence-corrected chi connectivity index (χ3v) is 5.24. The number of carboxylic acids is 1. The molecule has 0 radical (unpaired) electrons. The summed E-state index contributed by atoms with van der Waals surface area (Å²) in [5.74, 6) is -1.91. The Morgan fingerprint density at radius 2 is 1.67 bits per heavy atom. The molecule has 5 nitrogen and oxygen atoms in total. The maximum absolute atomic E-state index is 12.4. The number of imide groups is 1. The van der Waals surface area contributed by atoms with Crippen molar-refractivity contribution in [1.82, 2.24) is 4.90 Å². The highest BCUT2D eigenvalue weighted by atomic mass is 16.4. The van der Waals surface area contributed by atoms with Crippen LogP contribution in [-0.2, 0) is 14.4 Å². The number of carbonyl (C=O) groups excluding carboxylic acids is 2. The number of aliphatic carboxylic acids is 1. The van der Waals surface area contributed by atoms with Crippen LogP contribution in [0.15, 0.2) is 12.2 Å². The van der Waals surface area contributed by atoms with Gasteiger partial charge in [-0.15, -0.1) is 0 Å². The summed E-state index contributed by atoms with van der Waals surface area (Å²) in [6.07, 6.45) is 8.57. The molecule has 1 N–H and O–H groups in total. The Bertz CT molecular complexity index is 473. The molecule has 4 atom stereocenters. The zero-order valence-corrected chi connectivity index (χ0v) is 12.0. The molecule has 4 unspecified atom stereocenters. The van der Waals surface area contributed by atoms with E-state index in [0.29, 0.717) is 25.8 Å². The molecule has 0 bridgehead atoms. The number of amides is 2. The minimum atomic E-state index is -0.794. The van der Waals surface area contributed by atoms with Gasteiger partial charge in [-0.3, -0.25) is 19.3 Å². The summed E-state index contributed by atoms with van der Waals surface area (Å²) >= 11 is 0. The molecule has 0 spiro atoms. The van der Waals surface area contributed by atoms with E-state index in [0.717, 1.165) is 19.3 Å². The van der Waals surface area contributed by atoms with Crippen LogP contribution >= 0.6 is 0 Å². The van der Waals surface area contributed by atoms with Crippen molar-refractivity contribution >= 4 is 17.8 Å². The molecule has 5 heteroatoms. The molecule has 3 aliphatic rings. The summed E-state index contributed by atoms with van der Waals surface area (Å²) in [5.41, 5.74) is 0. The Morgan fingerprint density at radius 3 is 2.24 bits per heavy atom. The molecule has 0 aromatic heterocycles. The van der Waals surface area contributed by atoms with E-state index in [1.165, 1.54) is 4.90 Å². The lowest BCUT2D eigenvalue weighted by atomic mass is 9.79. The van der Waals surface area contributed by atoms with Gasteiger partial charge in [0.15, 0.2) is 0 Å². The quantitative estimate of drug-likeness (QED) is 0.636. The van der Waals surface area contributed by atoms with E-state index >= 15 is 0 Å². The Labute approximate surface area is 124 Å². The molecular weight excluding hydrogens is 270 g/mol. The third kappa shape index (κ3) is 2.49. The van der Waals surface area contributed by atoms with E-state index in [9.17, 15) is 19.5 Å². The first kappa shape index (κ1) is 14.3. The average Bonchev–Trinajstić information content (AvgIpc) is 2.73. The van der Waals surface area contributed by atoms with Crippen LogP contribution in [0, 0.1) is 23.7 Å². The topological polar surface area (TPSA) is 74.7 Å². The molecule has 0 aromatic carbocycles. The van der Waals surface area contributed by atoms with Crippen LogP contribution in [0.1, 0.15) is 38.5 Å². The van der Waals surface area contributed by atoms with Gasteiger partial charge >= 0.3 is 5.97 Å². The van der Waals surface area contributed by atoms with E-state index < -0.39 is 11.9 Å². The number of hydrogen-bond acceptors (Lipinski definition) is 3. The molecular formula is C16H21NO4. The minimum Gasteiger partial charge on any atom is -0.481 e. The number of carbonyl (C=O) groups is 3. The highest BCUT2D eigenvalue weighted by molar-refractivity contribution is 6.05. The first-order valence-electron chi connectivity index (χ1n) is 7.82. The first-order chi connectivity index (χ1) is 10.1. The fourth-order valence-corrected chi connectivity index (χ4v) is 4.03. The van der Waals surface area contributed by atoms with Crippen molar-refractivity contribution in [3.8, 4) is 0 Å². The number of rotatable bonds is 3. The maximum Gasteiger partial charge on any atom is 0.306 e. The van der Waals surface area contributed by atoms with Gasteiger partial charge in [0.25, 0.3) is 0 Å². The highest BCUT2D eigenvalue weighted by Crippen LogP contribution is 2.38. The van der Waals surface area contributed by atoms with Crippen molar-refractivity contribution in [3.05, 3.63) is 12.2 Å². The van der Waals surface area contributed by atoms with Crippen molar-refractivity contribution in [2.75, 3.05) is 6.54 Å². The molecule has 1 saturated carbocycles. The van der Waals surface area contributed by atoms with Crippen molar-refractivity contribution in [2.24, 2.45) is 23.7 Å². The Kier molecular flexibility index (Phi) is 3.83. The van der Waals surface area contributed by atoms with Gasteiger partial charge in [0.1, 0.15) is 0 Å². The number of nitrogens with zero attached hydrogens (tertiary/aromatic N) is 1. The zero-order chi connectivity index (χ0) is 15.0. The predicted octanol–water partition coefficient (Wildman–Crippen LogP) is 1.83. The van der Waals surface area contributed by atoms with Crippen molar-refractivity contribution in [1.29, 1.82) is 0 Å². The molecule has 1 aliphatic heterocycles. The van der Waals surface area contributed by atoms with Gasteiger partial charge in [-0.05, 0) is 31.6 Å². The van der Waals surface area contributed by atoms with E-state index in [-0.39, 0.29) is 29.6 Å². The van der Waals surface area contributed by atoms with Crippen LogP contribution in [0.3, 0.4) is 0 Å². The molecule has 21 heavy (non-hydrogen) atoms. The van der Waals surface area contributed by atoms with E-state index in [4.69, 9.17) is 0 Å². The summed E-state index contributed by atoms with van der Waals surface area (Å²) in [7, 11) is 0. The molecule has 1 heterocycles. The van der Waals surface area contributed by atoms with Crippen LogP contribution in [0.5, 0.6) is 0 Å². The molecule has 2 aliphatic carbocycles. The smallest absolute Gasteiger partial charge is 0.306 e. The number of likely N-dealkylation sites (tertiary alicyclic amines) is 1. The lowest BCUT2D eigenvalue weighted by Crippen LogP contribution is -2.40. The molecule has 2 fully saturated rings. The Morgan fingerprint density at radius 1 is 1.10 bits per heavy atom. The van der Waals surface area contributed by atoms with Gasteiger partial charge < -0.3 is 5.11 Å². The normalized spacial score (nSPS) is 35.9. The van der Waals surface area contributed by atoms with Crippen molar-refractivity contribution in [3.63, 3.8) is 0 Å². The van der Waals surface area contributed by atoms with E-state index in [1.807, 2.05) is 12.2 Å². The van der Waals surface area contributed by atoms with Crippen molar-refractivity contribution < 1.29 is 19.5 Å². The Hall–Kier alpha value is -1.65. The van der Waals surface area contributed by atoms with Gasteiger partial charge in [-0.25, -0.2) is 0 Å². The lowest BCUT2D eigenvalue weighted by Gasteiger charge is -2.31. The summed E-state index contributed by atoms with van der Waals surface area (Å²) < 4.78 is 0. The van der Waals surface area contributed by atoms with E-state index in [1.54, 1.807) is 0 Å². The first-order valence-corrected chi connectivity index (χ1v) is 7.82. The van der Waals surface area contributed by atoms with Gasteiger partial charge in [-0.1, -0.05) is 25.0 Å². The van der Waals surface area contributed by atoms with Gasteiger partial charge in [0.05, 0.1) is 17.8 Å². The van der Waals surface area contributed by atoms with Gasteiger partial charge in [0, 0.05) is 6.54 Å². The number of allylic oxidation sites excluding steroid dienone is 2. The van der Waals surface area contributed by atoms with Crippen LogP contribution in [0.2, 0.25) is 0 Å². The van der Waals surface area contributed by atoms with E-state index in [2.05, 4.69) is 0 Å². The van der Waals surface area contributed by atoms with Crippen LogP contribution in [0.4, 0.5) is 0 Å². The molecule has 114 valence electrons. The molecule has 2 amide bonds. The number of hydrogen-bond donors (Lipinski definition) is 1. The average molecular weight is 291 g/mol. The van der Waals surface area contributed by atoms with Gasteiger partial charge in [0.2, 0.25) is 11.8 Å². The summed E-state index contributed by atoms with van der Waals surface area (Å²) in [5, 5.41) is 9.32. The fraction of sp³-hybridized carbons (Fsp3) is 0.688.